The fourth-order valence-corrected chi connectivity index (χ4v) is 2.45. The van der Waals surface area contributed by atoms with Crippen molar-refractivity contribution in [2.45, 2.75) is 26.7 Å². The molecule has 21 heavy (non-hydrogen) atoms. The average molecular weight is 301 g/mol. The zero-order valence-corrected chi connectivity index (χ0v) is 13.1. The number of carbonyl (C=O) groups excluding carboxylic acids is 2. The van der Waals surface area contributed by atoms with E-state index in [2.05, 4.69) is 13.8 Å². The highest BCUT2D eigenvalue weighted by Crippen LogP contribution is 2.22. The number of ketones is 1. The Bertz CT molecular complexity index is 685. The zero-order chi connectivity index (χ0) is 15.6. The van der Waals surface area contributed by atoms with Crippen LogP contribution >= 0.6 is 11.6 Å². The van der Waals surface area contributed by atoms with E-state index in [9.17, 15) is 9.59 Å². The molecule has 2 rings (SSSR count). The first-order valence-corrected chi connectivity index (χ1v) is 7.23. The van der Waals surface area contributed by atoms with Crippen LogP contribution in [0.3, 0.4) is 0 Å². The van der Waals surface area contributed by atoms with Crippen LogP contribution in [0, 0.1) is 6.92 Å². The van der Waals surface area contributed by atoms with Gasteiger partial charge in [0.05, 0.1) is 0 Å². The van der Waals surface area contributed by atoms with Gasteiger partial charge in [0.1, 0.15) is 0 Å². The summed E-state index contributed by atoms with van der Waals surface area (Å²) in [5, 5.41) is -0.610. The molecular weight excluding hydrogens is 284 g/mol. The van der Waals surface area contributed by atoms with Crippen molar-refractivity contribution >= 4 is 22.6 Å². The molecule has 0 aromatic heterocycles. The van der Waals surface area contributed by atoms with Crippen LogP contribution in [-0.4, -0.2) is 11.0 Å². The number of hydrogen-bond donors (Lipinski definition) is 0. The Morgan fingerprint density at radius 1 is 1.00 bits per heavy atom. The second-order valence-electron chi connectivity index (χ2n) is 5.38. The van der Waals surface area contributed by atoms with E-state index in [1.807, 2.05) is 12.1 Å². The van der Waals surface area contributed by atoms with E-state index in [-0.39, 0.29) is 11.3 Å². The minimum absolute atomic E-state index is 0.174. The topological polar surface area (TPSA) is 34.1 Å². The van der Waals surface area contributed by atoms with Gasteiger partial charge in [-0.25, -0.2) is 0 Å². The molecule has 0 radical (unpaired) electrons. The standard InChI is InChI=1S/C18H17ClO2/c1-11(2)13-7-9-14(10-8-13)17(20)16-12(3)5-4-6-15(16)18(19)21/h4-11H,1-3H3. The van der Waals surface area contributed by atoms with Gasteiger partial charge in [-0.05, 0) is 41.6 Å². The lowest BCUT2D eigenvalue weighted by molar-refractivity contribution is 0.102. The molecule has 0 saturated carbocycles. The van der Waals surface area contributed by atoms with Crippen LogP contribution in [0.25, 0.3) is 0 Å². The average Bonchev–Trinajstić information content (AvgIpc) is 2.46. The number of rotatable bonds is 4. The number of aryl methyl sites for hydroxylation is 1. The summed E-state index contributed by atoms with van der Waals surface area (Å²) in [5.41, 5.74) is 3.13. The lowest BCUT2D eigenvalue weighted by Crippen LogP contribution is -2.09. The van der Waals surface area contributed by atoms with Gasteiger partial charge in [-0.1, -0.05) is 50.2 Å². The van der Waals surface area contributed by atoms with E-state index in [4.69, 9.17) is 11.6 Å². The van der Waals surface area contributed by atoms with Gasteiger partial charge < -0.3 is 0 Å². The molecule has 2 aromatic rings. The molecule has 2 aromatic carbocycles. The zero-order valence-electron chi connectivity index (χ0n) is 12.3. The smallest absolute Gasteiger partial charge is 0.253 e. The van der Waals surface area contributed by atoms with Crippen LogP contribution in [-0.2, 0) is 0 Å². The normalized spacial score (nSPS) is 10.7. The Hall–Kier alpha value is -1.93. The summed E-state index contributed by atoms with van der Waals surface area (Å²) in [7, 11) is 0. The van der Waals surface area contributed by atoms with Crippen LogP contribution in [0.4, 0.5) is 0 Å². The van der Waals surface area contributed by atoms with Gasteiger partial charge in [0.15, 0.2) is 5.78 Å². The molecule has 0 fully saturated rings. The molecule has 0 aliphatic heterocycles. The number of benzene rings is 2. The molecule has 0 saturated heterocycles. The minimum atomic E-state index is -0.610. The van der Waals surface area contributed by atoms with Crippen molar-refractivity contribution in [2.24, 2.45) is 0 Å². The summed E-state index contributed by atoms with van der Waals surface area (Å²) < 4.78 is 0. The summed E-state index contributed by atoms with van der Waals surface area (Å²) in [4.78, 5) is 24.2. The fourth-order valence-electron chi connectivity index (χ4n) is 2.30. The molecule has 3 heteroatoms. The van der Waals surface area contributed by atoms with E-state index < -0.39 is 5.24 Å². The summed E-state index contributed by atoms with van der Waals surface area (Å²) in [6.45, 7) is 6.00. The van der Waals surface area contributed by atoms with Crippen LogP contribution in [0.5, 0.6) is 0 Å². The summed E-state index contributed by atoms with van der Waals surface area (Å²) in [5.74, 6) is 0.236. The molecule has 0 unspecified atom stereocenters. The van der Waals surface area contributed by atoms with Gasteiger partial charge in [-0.2, -0.15) is 0 Å². The third kappa shape index (κ3) is 3.22. The molecule has 0 aliphatic carbocycles. The predicted molar refractivity (Wildman–Crippen MR) is 85.3 cm³/mol. The maximum atomic E-state index is 12.7. The van der Waals surface area contributed by atoms with Gasteiger partial charge in [-0.15, -0.1) is 0 Å². The Labute approximate surface area is 129 Å². The fraction of sp³-hybridized carbons (Fsp3) is 0.222. The third-order valence-electron chi connectivity index (χ3n) is 3.55. The summed E-state index contributed by atoms with van der Waals surface area (Å²) in [6, 6.07) is 12.6. The van der Waals surface area contributed by atoms with E-state index in [0.29, 0.717) is 17.0 Å². The van der Waals surface area contributed by atoms with Crippen molar-refractivity contribution in [2.75, 3.05) is 0 Å². The van der Waals surface area contributed by atoms with E-state index >= 15 is 0 Å². The highest BCUT2D eigenvalue weighted by molar-refractivity contribution is 6.68. The van der Waals surface area contributed by atoms with Crippen molar-refractivity contribution in [3.05, 3.63) is 70.3 Å². The van der Waals surface area contributed by atoms with Crippen molar-refractivity contribution in [3.8, 4) is 0 Å². The summed E-state index contributed by atoms with van der Waals surface area (Å²) in [6.07, 6.45) is 0. The largest absolute Gasteiger partial charge is 0.289 e. The molecule has 0 bridgehead atoms. The maximum absolute atomic E-state index is 12.7. The Morgan fingerprint density at radius 2 is 1.62 bits per heavy atom. The Balaban J connectivity index is 2.47. The van der Waals surface area contributed by atoms with Gasteiger partial charge in [0, 0.05) is 16.7 Å². The quantitative estimate of drug-likeness (QED) is 0.604. The van der Waals surface area contributed by atoms with Gasteiger partial charge in [0.2, 0.25) is 0 Å². The van der Waals surface area contributed by atoms with Crippen molar-refractivity contribution in [1.29, 1.82) is 0 Å². The van der Waals surface area contributed by atoms with Crippen molar-refractivity contribution in [1.82, 2.24) is 0 Å². The SMILES string of the molecule is Cc1cccc(C(=O)Cl)c1C(=O)c1ccc(C(C)C)cc1. The van der Waals surface area contributed by atoms with E-state index in [0.717, 1.165) is 5.56 Å². The highest BCUT2D eigenvalue weighted by atomic mass is 35.5. The Kier molecular flexibility index (Phi) is 4.59. The lowest BCUT2D eigenvalue weighted by atomic mass is 9.93. The molecule has 0 atom stereocenters. The first kappa shape index (κ1) is 15.5. The molecule has 0 N–H and O–H groups in total. The highest BCUT2D eigenvalue weighted by Gasteiger charge is 2.19. The number of halogens is 1. The van der Waals surface area contributed by atoms with Crippen LogP contribution in [0.1, 0.15) is 57.2 Å². The molecule has 0 heterocycles. The van der Waals surface area contributed by atoms with Gasteiger partial charge >= 0.3 is 0 Å². The molecule has 0 spiro atoms. The number of hydrogen-bond acceptors (Lipinski definition) is 2. The van der Waals surface area contributed by atoms with Crippen LogP contribution < -0.4 is 0 Å². The first-order chi connectivity index (χ1) is 9.91. The van der Waals surface area contributed by atoms with Gasteiger partial charge in [0.25, 0.3) is 5.24 Å². The third-order valence-corrected chi connectivity index (χ3v) is 3.75. The second-order valence-corrected chi connectivity index (χ2v) is 5.72. The minimum Gasteiger partial charge on any atom is -0.289 e. The van der Waals surface area contributed by atoms with Crippen LogP contribution in [0.2, 0.25) is 0 Å². The molecule has 2 nitrogen and oxygen atoms in total. The number of carbonyl (C=O) groups is 2. The molecule has 108 valence electrons. The van der Waals surface area contributed by atoms with E-state index in [1.165, 1.54) is 5.56 Å². The maximum Gasteiger partial charge on any atom is 0.253 e. The van der Waals surface area contributed by atoms with E-state index in [1.54, 1.807) is 37.3 Å². The predicted octanol–water partition coefficient (Wildman–Crippen LogP) is 4.73. The monoisotopic (exact) mass is 300 g/mol. The van der Waals surface area contributed by atoms with Gasteiger partial charge in [-0.3, -0.25) is 9.59 Å². The second kappa shape index (κ2) is 6.23. The summed E-state index contributed by atoms with van der Waals surface area (Å²) >= 11 is 5.59. The Morgan fingerprint density at radius 3 is 2.14 bits per heavy atom. The molecule has 0 aliphatic rings. The molecular formula is C18H17ClO2. The molecule has 0 amide bonds. The van der Waals surface area contributed by atoms with Crippen molar-refractivity contribution < 1.29 is 9.59 Å². The van der Waals surface area contributed by atoms with Crippen LogP contribution in [0.15, 0.2) is 42.5 Å². The first-order valence-electron chi connectivity index (χ1n) is 6.86. The van der Waals surface area contributed by atoms with Crippen molar-refractivity contribution in [3.63, 3.8) is 0 Å². The lowest BCUT2D eigenvalue weighted by Gasteiger charge is -2.10.